The van der Waals surface area contributed by atoms with Gasteiger partial charge in [0.15, 0.2) is 0 Å². The van der Waals surface area contributed by atoms with Crippen molar-refractivity contribution in [1.82, 2.24) is 0 Å². The second-order valence-electron chi connectivity index (χ2n) is 8.41. The maximum absolute atomic E-state index is 2.39. The van der Waals surface area contributed by atoms with Crippen molar-refractivity contribution in [2.45, 2.75) is 149 Å². The van der Waals surface area contributed by atoms with E-state index in [1.54, 1.807) is 0 Å². The molecule has 0 nitrogen and oxygen atoms in total. The molecule has 0 aromatic heterocycles. The van der Waals surface area contributed by atoms with Crippen LogP contribution < -0.4 is 0 Å². The third-order valence-electron chi connectivity index (χ3n) is 5.55. The summed E-state index contributed by atoms with van der Waals surface area (Å²) in [6.45, 7) is 4.57. The van der Waals surface area contributed by atoms with E-state index >= 15 is 0 Å². The largest absolute Gasteiger partial charge is 0.0882 e. The van der Waals surface area contributed by atoms with Crippen molar-refractivity contribution in [1.29, 1.82) is 0 Å². The van der Waals surface area contributed by atoms with E-state index < -0.39 is 0 Å². The predicted octanol–water partition coefficient (Wildman–Crippen LogP) is 10.3. The topological polar surface area (TPSA) is 0 Å². The molecule has 0 fully saturated rings. The van der Waals surface area contributed by atoms with Crippen LogP contribution in [0.5, 0.6) is 0 Å². The fourth-order valence-corrected chi connectivity index (χ4v) is 3.65. The highest BCUT2D eigenvalue weighted by atomic mass is 14.0. The average molecular weight is 377 g/mol. The molecule has 0 N–H and O–H groups in total. The van der Waals surface area contributed by atoms with E-state index in [4.69, 9.17) is 0 Å². The van der Waals surface area contributed by atoms with Gasteiger partial charge in [-0.3, -0.25) is 0 Å². The summed E-state index contributed by atoms with van der Waals surface area (Å²) in [6, 6.07) is 0. The highest BCUT2D eigenvalue weighted by Crippen LogP contribution is 2.13. The Morgan fingerprint density at radius 1 is 0.333 bits per heavy atom. The van der Waals surface area contributed by atoms with Gasteiger partial charge in [0.2, 0.25) is 0 Å². The minimum absolute atomic E-state index is 1.13. The lowest BCUT2D eigenvalue weighted by Crippen LogP contribution is -1.83. The molecule has 0 rings (SSSR count). The van der Waals surface area contributed by atoms with Crippen LogP contribution in [0.3, 0.4) is 0 Å². The van der Waals surface area contributed by atoms with E-state index in [2.05, 4.69) is 38.2 Å². The molecule has 0 saturated heterocycles. The van der Waals surface area contributed by atoms with Crippen LogP contribution in [0.25, 0.3) is 0 Å². The minimum Gasteiger partial charge on any atom is -0.0882 e. The Balaban J connectivity index is 3.09. The van der Waals surface area contributed by atoms with Crippen LogP contribution in [0.2, 0.25) is 0 Å². The lowest BCUT2D eigenvalue weighted by molar-refractivity contribution is 0.533. The number of hydrogen-bond donors (Lipinski definition) is 0. The molecule has 0 saturated carbocycles. The highest BCUT2D eigenvalue weighted by Gasteiger charge is 1.94. The minimum atomic E-state index is 1.13. The third-order valence-corrected chi connectivity index (χ3v) is 5.55. The van der Waals surface area contributed by atoms with Crippen LogP contribution >= 0.6 is 0 Å². The molecule has 0 spiro atoms. The summed E-state index contributed by atoms with van der Waals surface area (Å²) in [4.78, 5) is 0. The van der Waals surface area contributed by atoms with Crippen molar-refractivity contribution in [3.8, 4) is 0 Å². The highest BCUT2D eigenvalue weighted by molar-refractivity contribution is 4.92. The predicted molar refractivity (Wildman–Crippen MR) is 127 cm³/mol. The second-order valence-corrected chi connectivity index (χ2v) is 8.41. The quantitative estimate of drug-likeness (QED) is 0.130. The SMILES string of the molecule is CCCCC/C=C\CC=CCCCCCCCCCCCCCCCCC. The van der Waals surface area contributed by atoms with Gasteiger partial charge in [0.25, 0.3) is 0 Å². The van der Waals surface area contributed by atoms with Crippen LogP contribution in [0, 0.1) is 0 Å². The first-order valence-corrected chi connectivity index (χ1v) is 12.7. The normalized spacial score (nSPS) is 11.9. The standard InChI is InChI=1S/C27H52/c1-3-5-7-9-11-13-15-17-19-21-23-25-27-26-24-22-20-18-16-14-12-10-8-6-4-2/h11,13,17,19H,3-10,12,14-16,18,20-27H2,1-2H3/b13-11-,19-17?. The summed E-state index contributed by atoms with van der Waals surface area (Å²) >= 11 is 0. The van der Waals surface area contributed by atoms with Gasteiger partial charge in [0.1, 0.15) is 0 Å². The molecule has 160 valence electrons. The summed E-state index contributed by atoms with van der Waals surface area (Å²) in [5.41, 5.74) is 0. The van der Waals surface area contributed by atoms with Crippen molar-refractivity contribution >= 4 is 0 Å². The molecule has 0 heterocycles. The molecule has 0 aliphatic rings. The zero-order chi connectivity index (χ0) is 19.7. The van der Waals surface area contributed by atoms with Gasteiger partial charge in [-0.2, -0.15) is 0 Å². The number of hydrogen-bond acceptors (Lipinski definition) is 0. The molecular formula is C27H52. The Labute approximate surface area is 173 Å². The van der Waals surface area contributed by atoms with Gasteiger partial charge in [-0.15, -0.1) is 0 Å². The molecule has 0 unspecified atom stereocenters. The van der Waals surface area contributed by atoms with Crippen molar-refractivity contribution in [2.75, 3.05) is 0 Å². The second kappa shape index (κ2) is 25.5. The molecule has 0 bridgehead atoms. The zero-order valence-electron chi connectivity index (χ0n) is 19.2. The molecular weight excluding hydrogens is 324 g/mol. The van der Waals surface area contributed by atoms with Gasteiger partial charge in [0.05, 0.1) is 0 Å². The maximum atomic E-state index is 2.39. The lowest BCUT2D eigenvalue weighted by Gasteiger charge is -2.03. The lowest BCUT2D eigenvalue weighted by atomic mass is 10.0. The van der Waals surface area contributed by atoms with Gasteiger partial charge in [0, 0.05) is 0 Å². The molecule has 27 heavy (non-hydrogen) atoms. The van der Waals surface area contributed by atoms with Crippen LogP contribution in [-0.4, -0.2) is 0 Å². The summed E-state index contributed by atoms with van der Waals surface area (Å²) in [7, 11) is 0. The van der Waals surface area contributed by atoms with E-state index in [9.17, 15) is 0 Å². The van der Waals surface area contributed by atoms with Crippen LogP contribution in [-0.2, 0) is 0 Å². The van der Waals surface area contributed by atoms with E-state index in [0.29, 0.717) is 0 Å². The average Bonchev–Trinajstić information content (AvgIpc) is 2.68. The van der Waals surface area contributed by atoms with Crippen molar-refractivity contribution < 1.29 is 0 Å². The van der Waals surface area contributed by atoms with E-state index in [-0.39, 0.29) is 0 Å². The molecule has 0 aromatic carbocycles. The van der Waals surface area contributed by atoms with Crippen molar-refractivity contribution in [3.05, 3.63) is 24.3 Å². The Bertz CT molecular complexity index is 299. The van der Waals surface area contributed by atoms with E-state index in [0.717, 1.165) is 6.42 Å². The summed E-state index contributed by atoms with van der Waals surface area (Å²) < 4.78 is 0. The number of unbranched alkanes of at least 4 members (excludes halogenated alkanes) is 18. The summed E-state index contributed by atoms with van der Waals surface area (Å²) in [6.07, 6.45) is 38.9. The van der Waals surface area contributed by atoms with Crippen LogP contribution in [0.1, 0.15) is 149 Å². The van der Waals surface area contributed by atoms with Crippen molar-refractivity contribution in [2.24, 2.45) is 0 Å². The Morgan fingerprint density at radius 3 is 1.04 bits per heavy atom. The first-order valence-electron chi connectivity index (χ1n) is 12.7. The van der Waals surface area contributed by atoms with E-state index in [1.165, 1.54) is 128 Å². The molecule has 0 aliphatic carbocycles. The van der Waals surface area contributed by atoms with Gasteiger partial charge >= 0.3 is 0 Å². The monoisotopic (exact) mass is 376 g/mol. The third kappa shape index (κ3) is 25.5. The smallest absolute Gasteiger partial charge is 0.0169 e. The molecule has 0 aromatic rings. The van der Waals surface area contributed by atoms with Crippen molar-refractivity contribution in [3.63, 3.8) is 0 Å². The molecule has 0 heteroatoms. The Morgan fingerprint density at radius 2 is 0.630 bits per heavy atom. The molecule has 0 radical (unpaired) electrons. The summed E-state index contributed by atoms with van der Waals surface area (Å²) in [5.74, 6) is 0. The molecule has 0 aliphatic heterocycles. The van der Waals surface area contributed by atoms with Crippen LogP contribution in [0.15, 0.2) is 24.3 Å². The zero-order valence-corrected chi connectivity index (χ0v) is 19.2. The Kier molecular flexibility index (Phi) is 25.0. The first-order chi connectivity index (χ1) is 13.4. The fourth-order valence-electron chi connectivity index (χ4n) is 3.65. The maximum Gasteiger partial charge on any atom is -0.0169 e. The van der Waals surface area contributed by atoms with Gasteiger partial charge in [-0.1, -0.05) is 141 Å². The van der Waals surface area contributed by atoms with E-state index in [1.807, 2.05) is 0 Å². The van der Waals surface area contributed by atoms with Gasteiger partial charge in [-0.25, -0.2) is 0 Å². The van der Waals surface area contributed by atoms with Crippen LogP contribution in [0.4, 0.5) is 0 Å². The molecule has 0 amide bonds. The molecule has 0 atom stereocenters. The van der Waals surface area contributed by atoms with Gasteiger partial charge in [-0.05, 0) is 32.1 Å². The Hall–Kier alpha value is -0.520. The number of rotatable bonds is 22. The number of allylic oxidation sites excluding steroid dienone is 4. The van der Waals surface area contributed by atoms with Gasteiger partial charge < -0.3 is 0 Å². The fraction of sp³-hybridized carbons (Fsp3) is 0.852. The summed E-state index contributed by atoms with van der Waals surface area (Å²) in [5, 5.41) is 0. The first kappa shape index (κ1) is 26.5.